The van der Waals surface area contributed by atoms with Gasteiger partial charge in [0.2, 0.25) is 0 Å². The number of aromatic nitrogens is 4. The molecule has 0 spiro atoms. The summed E-state index contributed by atoms with van der Waals surface area (Å²) in [6.07, 6.45) is -2.95. The van der Waals surface area contributed by atoms with Crippen LogP contribution < -0.4 is 16.0 Å². The van der Waals surface area contributed by atoms with Crippen LogP contribution in [0.25, 0.3) is 33.0 Å². The molecule has 2 aromatic heterocycles. The molecule has 0 radical (unpaired) electrons. The summed E-state index contributed by atoms with van der Waals surface area (Å²) in [6, 6.07) is 13.8. The van der Waals surface area contributed by atoms with Gasteiger partial charge in [-0.05, 0) is 42.8 Å². The fourth-order valence-electron chi connectivity index (χ4n) is 4.44. The number of aliphatic hydroxyl groups excluding tert-OH is 4. The van der Waals surface area contributed by atoms with Crippen LogP contribution in [0.1, 0.15) is 6.42 Å². The largest absolute Gasteiger partial charge is 0.488 e. The molecule has 1 fully saturated rings. The van der Waals surface area contributed by atoms with E-state index in [0.717, 1.165) is 5.69 Å². The number of hydrogen-bond donors (Lipinski definition) is 6. The molecule has 190 valence electrons. The fraction of sp³-hybridized carbons (Fsp3) is 0.280. The topological polar surface area (TPSA) is 176 Å². The number of ether oxygens (including phenoxy) is 1. The highest BCUT2D eigenvalue weighted by Crippen LogP contribution is 2.31. The van der Waals surface area contributed by atoms with Crippen LogP contribution in [0.5, 0.6) is 5.75 Å². The smallest absolute Gasteiger partial charge is 0.187 e. The van der Waals surface area contributed by atoms with Crippen molar-refractivity contribution in [3.8, 4) is 22.8 Å². The van der Waals surface area contributed by atoms with Crippen molar-refractivity contribution in [2.75, 3.05) is 12.0 Å². The van der Waals surface area contributed by atoms with Crippen molar-refractivity contribution in [3.05, 3.63) is 66.1 Å². The van der Waals surface area contributed by atoms with Gasteiger partial charge in [0.05, 0.1) is 29.9 Å². The molecule has 0 aliphatic heterocycles. The predicted molar refractivity (Wildman–Crippen MR) is 134 cm³/mol. The van der Waals surface area contributed by atoms with Gasteiger partial charge in [-0.1, -0.05) is 12.1 Å². The molecule has 37 heavy (non-hydrogen) atoms. The zero-order valence-corrected chi connectivity index (χ0v) is 19.5. The summed E-state index contributed by atoms with van der Waals surface area (Å²) >= 11 is 0. The standard InChI is InChI=1S/C25H25N7O5/c1-27-15-4-6-16(7-5-15)32-25-18(11-28-32)24(31-26)29-23(30-25)13-2-8-17(9-3-13)37-19-10-14(12-33)20(34)22(36)21(19)35/h2-9,11,14,19-22,33-36H,10,12,26H2,(H,29,30,31). The van der Waals surface area contributed by atoms with Crippen molar-refractivity contribution in [1.29, 1.82) is 0 Å². The average molecular weight is 504 g/mol. The Kier molecular flexibility index (Phi) is 6.70. The molecule has 4 aromatic rings. The molecule has 5 unspecified atom stereocenters. The highest BCUT2D eigenvalue weighted by Gasteiger charge is 2.43. The Morgan fingerprint density at radius 1 is 1.03 bits per heavy atom. The highest BCUT2D eigenvalue weighted by molar-refractivity contribution is 5.89. The van der Waals surface area contributed by atoms with Crippen molar-refractivity contribution >= 4 is 22.5 Å². The van der Waals surface area contributed by atoms with Gasteiger partial charge in [0.25, 0.3) is 0 Å². The molecule has 1 saturated carbocycles. The lowest BCUT2D eigenvalue weighted by molar-refractivity contribution is -0.156. The van der Waals surface area contributed by atoms with Gasteiger partial charge in [-0.15, -0.1) is 0 Å². The first-order valence-corrected chi connectivity index (χ1v) is 11.6. The number of nitrogens with zero attached hydrogens (tertiary/aromatic N) is 5. The molecule has 7 N–H and O–H groups in total. The number of benzene rings is 2. The van der Waals surface area contributed by atoms with E-state index in [1.54, 1.807) is 59.4 Å². The molecule has 2 heterocycles. The molecule has 1 aliphatic carbocycles. The lowest BCUT2D eigenvalue weighted by Crippen LogP contribution is -2.56. The van der Waals surface area contributed by atoms with Crippen LogP contribution in [0.15, 0.2) is 54.7 Å². The van der Waals surface area contributed by atoms with E-state index in [1.165, 1.54) is 0 Å². The normalized spacial score (nSPS) is 23.5. The zero-order valence-electron chi connectivity index (χ0n) is 19.5. The van der Waals surface area contributed by atoms with E-state index >= 15 is 0 Å². The number of fused-ring (bicyclic) bond motifs is 1. The third kappa shape index (κ3) is 4.57. The SMILES string of the molecule is [C-]#[N+]c1ccc(-n2ncc3c(NN)nc(-c4ccc(OC5CC(CO)C(O)C(O)C5O)cc4)nc32)cc1. The maximum absolute atomic E-state index is 10.3. The minimum atomic E-state index is -1.42. The molecule has 1 aliphatic rings. The van der Waals surface area contributed by atoms with Gasteiger partial charge in [0.1, 0.15) is 24.1 Å². The number of aliphatic hydroxyl groups is 4. The van der Waals surface area contributed by atoms with Crippen LogP contribution >= 0.6 is 0 Å². The molecule has 0 saturated heterocycles. The maximum Gasteiger partial charge on any atom is 0.187 e. The number of anilines is 1. The van der Waals surface area contributed by atoms with Crippen molar-refractivity contribution in [2.24, 2.45) is 11.8 Å². The van der Waals surface area contributed by atoms with Crippen LogP contribution in [0.3, 0.4) is 0 Å². The van der Waals surface area contributed by atoms with Crippen molar-refractivity contribution in [2.45, 2.75) is 30.8 Å². The Labute approximate surface area is 211 Å². The molecule has 2 aromatic carbocycles. The summed E-state index contributed by atoms with van der Waals surface area (Å²) in [4.78, 5) is 12.6. The molecule has 5 rings (SSSR count). The third-order valence-electron chi connectivity index (χ3n) is 6.52. The van der Waals surface area contributed by atoms with Gasteiger partial charge in [0, 0.05) is 18.1 Å². The van der Waals surface area contributed by atoms with Crippen molar-refractivity contribution < 1.29 is 25.2 Å². The number of nitrogens with one attached hydrogen (secondary N) is 1. The Morgan fingerprint density at radius 3 is 2.41 bits per heavy atom. The predicted octanol–water partition coefficient (Wildman–Crippen LogP) is 1.16. The monoisotopic (exact) mass is 503 g/mol. The second-order valence-electron chi connectivity index (χ2n) is 8.79. The minimum Gasteiger partial charge on any atom is -0.488 e. The summed E-state index contributed by atoms with van der Waals surface area (Å²) in [7, 11) is 0. The van der Waals surface area contributed by atoms with E-state index in [0.29, 0.717) is 39.7 Å². The van der Waals surface area contributed by atoms with Crippen molar-refractivity contribution in [1.82, 2.24) is 19.7 Å². The first-order valence-electron chi connectivity index (χ1n) is 11.6. The molecular formula is C25H25N7O5. The molecule has 12 heteroatoms. The molecular weight excluding hydrogens is 478 g/mol. The van der Waals surface area contributed by atoms with Crippen LogP contribution in [0.4, 0.5) is 11.5 Å². The Balaban J connectivity index is 1.43. The lowest BCUT2D eigenvalue weighted by atomic mass is 9.81. The number of nitrogen functional groups attached to an aromatic ring is 1. The van der Waals surface area contributed by atoms with E-state index in [1.807, 2.05) is 0 Å². The molecule has 5 atom stereocenters. The van der Waals surface area contributed by atoms with E-state index in [9.17, 15) is 20.4 Å². The first-order chi connectivity index (χ1) is 17.9. The quantitative estimate of drug-likeness (QED) is 0.127. The van der Waals surface area contributed by atoms with E-state index in [-0.39, 0.29) is 13.0 Å². The highest BCUT2D eigenvalue weighted by atomic mass is 16.5. The molecule has 0 amide bonds. The maximum atomic E-state index is 10.3. The Hall–Kier alpha value is -4.12. The van der Waals surface area contributed by atoms with E-state index < -0.39 is 30.3 Å². The van der Waals surface area contributed by atoms with Gasteiger partial charge < -0.3 is 30.6 Å². The fourth-order valence-corrected chi connectivity index (χ4v) is 4.44. The number of rotatable bonds is 6. The summed E-state index contributed by atoms with van der Waals surface area (Å²) < 4.78 is 7.50. The third-order valence-corrected chi connectivity index (χ3v) is 6.52. The number of hydrazine groups is 1. The van der Waals surface area contributed by atoms with Crippen LogP contribution in [-0.2, 0) is 0 Å². The van der Waals surface area contributed by atoms with Crippen LogP contribution in [-0.4, -0.2) is 71.2 Å². The van der Waals surface area contributed by atoms with Gasteiger partial charge >= 0.3 is 0 Å². The first kappa shape index (κ1) is 24.6. The minimum absolute atomic E-state index is 0.184. The van der Waals surface area contributed by atoms with Gasteiger partial charge in [-0.3, -0.25) is 0 Å². The lowest BCUT2D eigenvalue weighted by Gasteiger charge is -2.39. The van der Waals surface area contributed by atoms with Crippen LogP contribution in [0, 0.1) is 12.5 Å². The second-order valence-corrected chi connectivity index (χ2v) is 8.79. The van der Waals surface area contributed by atoms with Gasteiger partial charge in [-0.25, -0.2) is 25.3 Å². The Bertz CT molecular complexity index is 1430. The Morgan fingerprint density at radius 2 is 1.76 bits per heavy atom. The second kappa shape index (κ2) is 10.1. The van der Waals surface area contributed by atoms with Crippen molar-refractivity contribution in [3.63, 3.8) is 0 Å². The van der Waals surface area contributed by atoms with E-state index in [2.05, 4.69) is 20.4 Å². The van der Waals surface area contributed by atoms with E-state index in [4.69, 9.17) is 22.1 Å². The summed E-state index contributed by atoms with van der Waals surface area (Å²) in [5.74, 6) is 6.31. The average Bonchev–Trinajstić information content (AvgIpc) is 3.37. The molecule has 12 nitrogen and oxygen atoms in total. The summed E-state index contributed by atoms with van der Waals surface area (Å²) in [5.41, 5.74) is 5.00. The van der Waals surface area contributed by atoms with Crippen LogP contribution in [0.2, 0.25) is 0 Å². The summed E-state index contributed by atoms with van der Waals surface area (Å²) in [5, 5.41) is 44.9. The number of hydrogen-bond acceptors (Lipinski definition) is 10. The summed E-state index contributed by atoms with van der Waals surface area (Å²) in [6.45, 7) is 6.80. The van der Waals surface area contributed by atoms with Gasteiger partial charge in [0.15, 0.2) is 23.0 Å². The van der Waals surface area contributed by atoms with Gasteiger partial charge in [-0.2, -0.15) is 5.10 Å². The zero-order chi connectivity index (χ0) is 26.1. The molecule has 0 bridgehead atoms. The number of nitrogens with two attached hydrogens (primary N) is 1.